The number of nitrogens with one attached hydrogen (secondary N) is 2. The molecule has 0 saturated heterocycles. The molecule has 0 bridgehead atoms. The first-order chi connectivity index (χ1) is 11.5. The van der Waals surface area contributed by atoms with E-state index in [-0.39, 0.29) is 5.91 Å². The van der Waals surface area contributed by atoms with Gasteiger partial charge >= 0.3 is 0 Å². The Labute approximate surface area is 143 Å². The Hall–Kier alpha value is -2.47. The number of nitrogens with zero attached hydrogens (tertiary/aromatic N) is 3. The Kier molecular flexibility index (Phi) is 6.26. The molecule has 0 spiro atoms. The monoisotopic (exact) mass is 327 g/mol. The average Bonchev–Trinajstić information content (AvgIpc) is 2.55. The fourth-order valence-corrected chi connectivity index (χ4v) is 2.34. The van der Waals surface area contributed by atoms with E-state index in [4.69, 9.17) is 0 Å². The van der Waals surface area contributed by atoms with Crippen LogP contribution in [0.3, 0.4) is 0 Å². The van der Waals surface area contributed by atoms with E-state index < -0.39 is 0 Å². The van der Waals surface area contributed by atoms with Crippen LogP contribution in [0.15, 0.2) is 30.6 Å². The van der Waals surface area contributed by atoms with Gasteiger partial charge in [-0.3, -0.25) is 4.79 Å². The third kappa shape index (κ3) is 5.03. The van der Waals surface area contributed by atoms with E-state index in [1.165, 1.54) is 6.20 Å². The van der Waals surface area contributed by atoms with Gasteiger partial charge in [0.15, 0.2) is 0 Å². The molecule has 1 aromatic carbocycles. The van der Waals surface area contributed by atoms with Crippen LogP contribution in [0.4, 0.5) is 11.5 Å². The lowest BCUT2D eigenvalue weighted by Crippen LogP contribution is -2.27. The second kappa shape index (κ2) is 8.40. The highest BCUT2D eigenvalue weighted by molar-refractivity contribution is 5.92. The second-order valence-electron chi connectivity index (χ2n) is 6.09. The molecular formula is C18H25N5O. The molecule has 6 nitrogen and oxygen atoms in total. The summed E-state index contributed by atoms with van der Waals surface area (Å²) >= 11 is 0. The first-order valence-corrected chi connectivity index (χ1v) is 8.05. The van der Waals surface area contributed by atoms with Crippen molar-refractivity contribution in [2.45, 2.75) is 20.3 Å². The van der Waals surface area contributed by atoms with Crippen LogP contribution in [-0.2, 0) is 0 Å². The van der Waals surface area contributed by atoms with E-state index in [2.05, 4.69) is 25.5 Å². The Morgan fingerprint density at radius 3 is 2.42 bits per heavy atom. The van der Waals surface area contributed by atoms with Gasteiger partial charge in [0.2, 0.25) is 0 Å². The van der Waals surface area contributed by atoms with E-state index in [1.807, 2.05) is 46.1 Å². The van der Waals surface area contributed by atoms with Gasteiger partial charge in [0.25, 0.3) is 5.91 Å². The molecule has 128 valence electrons. The van der Waals surface area contributed by atoms with Gasteiger partial charge in [0.05, 0.1) is 12.4 Å². The van der Waals surface area contributed by atoms with Crippen LogP contribution in [0.25, 0.3) is 0 Å². The standard InChI is InChI=1S/C18H25N5O/c1-13-7-5-8-14(2)17(13)22-16-12-20-15(11-21-16)18(24)19-9-6-10-23(3)4/h5,7-8,11-12H,6,9-10H2,1-4H3,(H,19,24)(H,21,22). The number of amides is 1. The zero-order valence-corrected chi connectivity index (χ0v) is 14.8. The molecule has 2 aromatic rings. The lowest BCUT2D eigenvalue weighted by molar-refractivity contribution is 0.0947. The molecule has 24 heavy (non-hydrogen) atoms. The topological polar surface area (TPSA) is 70.2 Å². The molecule has 2 N–H and O–H groups in total. The van der Waals surface area contributed by atoms with Crippen molar-refractivity contribution in [3.63, 3.8) is 0 Å². The molecule has 2 rings (SSSR count). The predicted molar refractivity (Wildman–Crippen MR) is 96.7 cm³/mol. The van der Waals surface area contributed by atoms with Gasteiger partial charge in [-0.25, -0.2) is 9.97 Å². The molecular weight excluding hydrogens is 302 g/mol. The summed E-state index contributed by atoms with van der Waals surface area (Å²) in [4.78, 5) is 22.6. The Bertz CT molecular complexity index is 662. The average molecular weight is 327 g/mol. The van der Waals surface area contributed by atoms with E-state index in [0.717, 1.165) is 29.8 Å². The molecule has 0 aliphatic heterocycles. The van der Waals surface area contributed by atoms with Crippen LogP contribution in [0.1, 0.15) is 28.0 Å². The highest BCUT2D eigenvalue weighted by Gasteiger charge is 2.08. The second-order valence-corrected chi connectivity index (χ2v) is 6.09. The molecule has 0 unspecified atom stereocenters. The van der Waals surface area contributed by atoms with E-state index >= 15 is 0 Å². The first-order valence-electron chi connectivity index (χ1n) is 8.05. The van der Waals surface area contributed by atoms with Gasteiger partial charge in [0, 0.05) is 12.2 Å². The maximum absolute atomic E-state index is 12.0. The SMILES string of the molecule is Cc1cccc(C)c1Nc1cnc(C(=O)NCCCN(C)C)cn1. The molecule has 6 heteroatoms. The van der Waals surface area contributed by atoms with Crippen LogP contribution in [0.5, 0.6) is 0 Å². The van der Waals surface area contributed by atoms with Crippen LogP contribution in [0.2, 0.25) is 0 Å². The fourth-order valence-electron chi connectivity index (χ4n) is 2.34. The molecule has 0 fully saturated rings. The summed E-state index contributed by atoms with van der Waals surface area (Å²) in [6, 6.07) is 6.10. The number of aryl methyl sites for hydroxylation is 2. The number of carbonyl (C=O) groups excluding carboxylic acids is 1. The summed E-state index contributed by atoms with van der Waals surface area (Å²) in [5, 5.41) is 6.11. The summed E-state index contributed by atoms with van der Waals surface area (Å²) in [5.74, 6) is 0.427. The van der Waals surface area contributed by atoms with Gasteiger partial charge in [-0.2, -0.15) is 0 Å². The third-order valence-corrected chi connectivity index (χ3v) is 3.69. The van der Waals surface area contributed by atoms with Crippen molar-refractivity contribution in [3.05, 3.63) is 47.4 Å². The minimum absolute atomic E-state index is 0.195. The predicted octanol–water partition coefficient (Wildman–Crippen LogP) is 2.52. The van der Waals surface area contributed by atoms with Crippen molar-refractivity contribution in [3.8, 4) is 0 Å². The number of carbonyl (C=O) groups is 1. The third-order valence-electron chi connectivity index (χ3n) is 3.69. The molecule has 0 radical (unpaired) electrons. The quantitative estimate of drug-likeness (QED) is 0.765. The molecule has 0 aliphatic carbocycles. The van der Waals surface area contributed by atoms with Crippen LogP contribution in [0, 0.1) is 13.8 Å². The number of hydrogen-bond acceptors (Lipinski definition) is 5. The normalized spacial score (nSPS) is 10.7. The zero-order chi connectivity index (χ0) is 17.5. The van der Waals surface area contributed by atoms with Crippen LogP contribution >= 0.6 is 0 Å². The highest BCUT2D eigenvalue weighted by Crippen LogP contribution is 2.22. The van der Waals surface area contributed by atoms with Gasteiger partial charge in [-0.15, -0.1) is 0 Å². The maximum Gasteiger partial charge on any atom is 0.271 e. The zero-order valence-electron chi connectivity index (χ0n) is 14.8. The molecule has 0 saturated carbocycles. The van der Waals surface area contributed by atoms with Crippen LogP contribution < -0.4 is 10.6 Å². The van der Waals surface area contributed by atoms with Crippen molar-refractivity contribution in [2.24, 2.45) is 0 Å². The minimum atomic E-state index is -0.195. The van der Waals surface area contributed by atoms with E-state index in [9.17, 15) is 4.79 Å². The van der Waals surface area contributed by atoms with Crippen molar-refractivity contribution in [1.82, 2.24) is 20.2 Å². The lowest BCUT2D eigenvalue weighted by atomic mass is 10.1. The Morgan fingerprint density at radius 2 is 1.83 bits per heavy atom. The number of aromatic nitrogens is 2. The minimum Gasteiger partial charge on any atom is -0.351 e. The highest BCUT2D eigenvalue weighted by atomic mass is 16.1. The van der Waals surface area contributed by atoms with Crippen molar-refractivity contribution in [1.29, 1.82) is 0 Å². The number of rotatable bonds is 7. The van der Waals surface area contributed by atoms with Crippen LogP contribution in [-0.4, -0.2) is 48.0 Å². The maximum atomic E-state index is 12.0. The smallest absolute Gasteiger partial charge is 0.271 e. The summed E-state index contributed by atoms with van der Waals surface area (Å²) in [5.41, 5.74) is 3.62. The Morgan fingerprint density at radius 1 is 1.12 bits per heavy atom. The first kappa shape index (κ1) is 17.9. The van der Waals surface area contributed by atoms with Crippen molar-refractivity contribution < 1.29 is 4.79 Å². The van der Waals surface area contributed by atoms with E-state index in [0.29, 0.717) is 18.1 Å². The summed E-state index contributed by atoms with van der Waals surface area (Å²) in [7, 11) is 4.02. The molecule has 1 amide bonds. The molecule has 1 aromatic heterocycles. The number of benzene rings is 1. The largest absolute Gasteiger partial charge is 0.351 e. The van der Waals surface area contributed by atoms with Gasteiger partial charge in [-0.05, 0) is 52.0 Å². The number of hydrogen-bond donors (Lipinski definition) is 2. The lowest BCUT2D eigenvalue weighted by Gasteiger charge is -2.12. The number of para-hydroxylation sites is 1. The van der Waals surface area contributed by atoms with Gasteiger partial charge < -0.3 is 15.5 Å². The summed E-state index contributed by atoms with van der Waals surface area (Å²) in [6.45, 7) is 5.64. The van der Waals surface area contributed by atoms with Gasteiger partial charge in [-0.1, -0.05) is 18.2 Å². The fraction of sp³-hybridized carbons (Fsp3) is 0.389. The summed E-state index contributed by atoms with van der Waals surface area (Å²) < 4.78 is 0. The summed E-state index contributed by atoms with van der Waals surface area (Å²) in [6.07, 6.45) is 3.98. The number of anilines is 2. The Balaban J connectivity index is 1.94. The molecule has 0 atom stereocenters. The van der Waals surface area contributed by atoms with Gasteiger partial charge in [0.1, 0.15) is 11.5 Å². The molecule has 1 heterocycles. The van der Waals surface area contributed by atoms with E-state index in [1.54, 1.807) is 6.20 Å². The van der Waals surface area contributed by atoms with Crippen molar-refractivity contribution in [2.75, 3.05) is 32.5 Å². The van der Waals surface area contributed by atoms with Crippen molar-refractivity contribution >= 4 is 17.4 Å². The molecule has 0 aliphatic rings.